The van der Waals surface area contributed by atoms with E-state index in [-0.39, 0.29) is 6.10 Å². The van der Waals surface area contributed by atoms with Gasteiger partial charge in [0.05, 0.1) is 10.0 Å². The van der Waals surface area contributed by atoms with Gasteiger partial charge in [-0.05, 0) is 31.5 Å². The zero-order chi connectivity index (χ0) is 11.4. The monoisotopic (exact) mass is 243 g/mol. The van der Waals surface area contributed by atoms with Gasteiger partial charge in [0.25, 0.3) is 0 Å². The number of thiocarbonyl (C=S) groups is 1. The molecule has 2 N–H and O–H groups in total. The second kappa shape index (κ2) is 5.33. The molecule has 0 saturated heterocycles. The number of nitrogens with two attached hydrogens (primary N) is 1. The Morgan fingerprint density at radius 2 is 2.27 bits per heavy atom. The van der Waals surface area contributed by atoms with Crippen LogP contribution in [0, 0.1) is 6.92 Å². The number of hydrogen-bond donors (Lipinski definition) is 1. The lowest BCUT2D eigenvalue weighted by molar-refractivity contribution is 0.230. The van der Waals surface area contributed by atoms with E-state index < -0.39 is 0 Å². The molecule has 15 heavy (non-hydrogen) atoms. The molecule has 0 spiro atoms. The Balaban J connectivity index is 2.71. The third kappa shape index (κ3) is 4.06. The molecule has 0 aliphatic rings. The highest BCUT2D eigenvalue weighted by Gasteiger charge is 2.08. The molecular weight excluding hydrogens is 230 g/mol. The summed E-state index contributed by atoms with van der Waals surface area (Å²) in [6.45, 7) is 3.90. The van der Waals surface area contributed by atoms with Crippen LogP contribution in [0.5, 0.6) is 5.75 Å². The average Bonchev–Trinajstić information content (AvgIpc) is 2.10. The van der Waals surface area contributed by atoms with Gasteiger partial charge in [-0.2, -0.15) is 0 Å². The normalized spacial score (nSPS) is 12.2. The van der Waals surface area contributed by atoms with E-state index in [1.807, 2.05) is 32.0 Å². The lowest BCUT2D eigenvalue weighted by Crippen LogP contribution is -2.20. The maximum absolute atomic E-state index is 5.99. The fourth-order valence-electron chi connectivity index (χ4n) is 1.24. The Labute approximate surface area is 100 Å². The Bertz CT molecular complexity index is 368. The fourth-order valence-corrected chi connectivity index (χ4v) is 1.64. The van der Waals surface area contributed by atoms with Crippen LogP contribution in [0.4, 0.5) is 0 Å². The third-order valence-corrected chi connectivity index (χ3v) is 2.38. The summed E-state index contributed by atoms with van der Waals surface area (Å²) in [5.74, 6) is 0.681. The Morgan fingerprint density at radius 3 is 2.87 bits per heavy atom. The van der Waals surface area contributed by atoms with Crippen LogP contribution in [0.3, 0.4) is 0 Å². The van der Waals surface area contributed by atoms with Crippen molar-refractivity contribution >= 4 is 28.8 Å². The minimum absolute atomic E-state index is 0.0539. The molecule has 0 aromatic heterocycles. The molecular formula is C11H14ClNOS. The molecule has 0 radical (unpaired) electrons. The molecule has 0 amide bonds. The molecule has 1 unspecified atom stereocenters. The van der Waals surface area contributed by atoms with E-state index in [1.54, 1.807) is 0 Å². The van der Waals surface area contributed by atoms with Crippen LogP contribution in [-0.4, -0.2) is 11.1 Å². The van der Waals surface area contributed by atoms with Crippen molar-refractivity contribution in [2.24, 2.45) is 5.73 Å². The summed E-state index contributed by atoms with van der Waals surface area (Å²) in [4.78, 5) is 0.450. The van der Waals surface area contributed by atoms with Gasteiger partial charge in [0, 0.05) is 6.42 Å². The number of rotatable bonds is 4. The molecule has 1 aromatic carbocycles. The van der Waals surface area contributed by atoms with Crippen molar-refractivity contribution in [2.45, 2.75) is 26.4 Å². The molecule has 0 bridgehead atoms. The van der Waals surface area contributed by atoms with E-state index >= 15 is 0 Å². The van der Waals surface area contributed by atoms with Crippen LogP contribution in [0.2, 0.25) is 5.02 Å². The highest BCUT2D eigenvalue weighted by Crippen LogP contribution is 2.26. The van der Waals surface area contributed by atoms with Gasteiger partial charge in [-0.3, -0.25) is 0 Å². The second-order valence-electron chi connectivity index (χ2n) is 3.53. The van der Waals surface area contributed by atoms with E-state index in [0.29, 0.717) is 22.2 Å². The number of benzene rings is 1. The van der Waals surface area contributed by atoms with Gasteiger partial charge >= 0.3 is 0 Å². The molecule has 0 fully saturated rings. The molecule has 2 nitrogen and oxygen atoms in total. The lowest BCUT2D eigenvalue weighted by atomic mass is 10.2. The molecule has 1 aromatic rings. The molecule has 0 heterocycles. The van der Waals surface area contributed by atoms with Crippen molar-refractivity contribution in [3.05, 3.63) is 28.8 Å². The molecule has 4 heteroatoms. The summed E-state index contributed by atoms with van der Waals surface area (Å²) < 4.78 is 5.64. The van der Waals surface area contributed by atoms with Gasteiger partial charge < -0.3 is 10.5 Å². The maximum atomic E-state index is 5.99. The summed E-state index contributed by atoms with van der Waals surface area (Å²) >= 11 is 10.8. The molecule has 0 saturated carbocycles. The van der Waals surface area contributed by atoms with Crippen molar-refractivity contribution in [2.75, 3.05) is 0 Å². The molecule has 0 aliphatic carbocycles. The average molecular weight is 244 g/mol. The summed E-state index contributed by atoms with van der Waals surface area (Å²) in [5, 5.41) is 0.607. The van der Waals surface area contributed by atoms with Gasteiger partial charge in [0.2, 0.25) is 0 Å². The predicted molar refractivity (Wildman–Crippen MR) is 67.7 cm³/mol. The fraction of sp³-hybridized carbons (Fsp3) is 0.364. The van der Waals surface area contributed by atoms with E-state index in [9.17, 15) is 0 Å². The van der Waals surface area contributed by atoms with Crippen LogP contribution in [0.1, 0.15) is 18.9 Å². The highest BCUT2D eigenvalue weighted by atomic mass is 35.5. The second-order valence-corrected chi connectivity index (χ2v) is 4.46. The van der Waals surface area contributed by atoms with E-state index in [1.165, 1.54) is 0 Å². The van der Waals surface area contributed by atoms with E-state index in [4.69, 9.17) is 34.3 Å². The van der Waals surface area contributed by atoms with Crippen LogP contribution < -0.4 is 10.5 Å². The minimum Gasteiger partial charge on any atom is -0.489 e. The molecule has 0 aliphatic heterocycles. The van der Waals surface area contributed by atoms with Crippen LogP contribution in [0.25, 0.3) is 0 Å². The van der Waals surface area contributed by atoms with E-state index in [2.05, 4.69) is 0 Å². The van der Waals surface area contributed by atoms with Crippen molar-refractivity contribution in [1.29, 1.82) is 0 Å². The topological polar surface area (TPSA) is 35.2 Å². The van der Waals surface area contributed by atoms with Crippen molar-refractivity contribution in [1.82, 2.24) is 0 Å². The SMILES string of the molecule is Cc1ccc(Cl)c(OC(C)CC(N)=S)c1. The molecule has 1 rings (SSSR count). The summed E-state index contributed by atoms with van der Waals surface area (Å²) in [6.07, 6.45) is 0.501. The number of aryl methyl sites for hydroxylation is 1. The van der Waals surface area contributed by atoms with Crippen molar-refractivity contribution < 1.29 is 4.74 Å². The Kier molecular flexibility index (Phi) is 4.36. The van der Waals surface area contributed by atoms with Gasteiger partial charge in [0.1, 0.15) is 11.9 Å². The summed E-state index contributed by atoms with van der Waals surface area (Å²) in [5.41, 5.74) is 6.54. The Morgan fingerprint density at radius 1 is 1.60 bits per heavy atom. The van der Waals surface area contributed by atoms with Gasteiger partial charge in [-0.25, -0.2) is 0 Å². The number of halogens is 1. The first kappa shape index (κ1) is 12.3. The predicted octanol–water partition coefficient (Wildman–Crippen LogP) is 3.09. The summed E-state index contributed by atoms with van der Waals surface area (Å²) in [7, 11) is 0. The minimum atomic E-state index is -0.0539. The number of ether oxygens (including phenoxy) is 1. The van der Waals surface area contributed by atoms with Crippen molar-refractivity contribution in [3.63, 3.8) is 0 Å². The largest absolute Gasteiger partial charge is 0.489 e. The quantitative estimate of drug-likeness (QED) is 0.826. The zero-order valence-electron chi connectivity index (χ0n) is 8.79. The molecule has 1 atom stereocenters. The highest BCUT2D eigenvalue weighted by molar-refractivity contribution is 7.80. The van der Waals surface area contributed by atoms with Crippen molar-refractivity contribution in [3.8, 4) is 5.75 Å². The molecule has 82 valence electrons. The first-order valence-electron chi connectivity index (χ1n) is 4.70. The van der Waals surface area contributed by atoms with Crippen LogP contribution >= 0.6 is 23.8 Å². The van der Waals surface area contributed by atoms with Crippen LogP contribution in [0.15, 0.2) is 18.2 Å². The zero-order valence-corrected chi connectivity index (χ0v) is 10.4. The third-order valence-electron chi connectivity index (χ3n) is 1.90. The Hall–Kier alpha value is -0.800. The van der Waals surface area contributed by atoms with Gasteiger partial charge in [-0.15, -0.1) is 0 Å². The lowest BCUT2D eigenvalue weighted by Gasteiger charge is -2.15. The first-order valence-corrected chi connectivity index (χ1v) is 5.49. The maximum Gasteiger partial charge on any atom is 0.138 e. The smallest absolute Gasteiger partial charge is 0.138 e. The number of hydrogen-bond acceptors (Lipinski definition) is 2. The summed E-state index contributed by atoms with van der Waals surface area (Å²) in [6, 6.07) is 5.66. The van der Waals surface area contributed by atoms with Gasteiger partial charge in [0.15, 0.2) is 0 Å². The van der Waals surface area contributed by atoms with E-state index in [0.717, 1.165) is 5.56 Å². The first-order chi connectivity index (χ1) is 6.99. The standard InChI is InChI=1S/C11H14ClNOS/c1-7-3-4-9(12)10(5-7)14-8(2)6-11(13)15/h3-5,8H,6H2,1-2H3,(H2,13,15). The van der Waals surface area contributed by atoms with Gasteiger partial charge in [-0.1, -0.05) is 29.9 Å². The van der Waals surface area contributed by atoms with Crippen LogP contribution in [-0.2, 0) is 0 Å².